The number of hydrogen-bond acceptors (Lipinski definition) is 2. The highest BCUT2D eigenvalue weighted by Crippen LogP contribution is 2.32. The zero-order valence-corrected chi connectivity index (χ0v) is 11.0. The second-order valence-electron chi connectivity index (χ2n) is 4.80. The van der Waals surface area contributed by atoms with E-state index >= 15 is 0 Å². The Labute approximate surface area is 111 Å². The molecule has 0 aliphatic heterocycles. The van der Waals surface area contributed by atoms with E-state index in [1.807, 2.05) is 0 Å². The van der Waals surface area contributed by atoms with Gasteiger partial charge in [-0.1, -0.05) is 36.0 Å². The number of hydrogen-bond donors (Lipinski definition) is 1. The zero-order valence-electron chi connectivity index (χ0n) is 9.51. The monoisotopic (exact) mass is 271 g/mol. The first-order valence-electron chi connectivity index (χ1n) is 5.77. The molecule has 17 heavy (non-hydrogen) atoms. The van der Waals surface area contributed by atoms with E-state index in [1.54, 1.807) is 18.2 Å². The molecule has 0 atom stereocenters. The molecule has 1 saturated carbocycles. The number of ketones is 1. The van der Waals surface area contributed by atoms with Gasteiger partial charge in [0.15, 0.2) is 5.78 Å². The predicted molar refractivity (Wildman–Crippen MR) is 70.8 cm³/mol. The minimum absolute atomic E-state index is 0.0490. The van der Waals surface area contributed by atoms with Crippen molar-refractivity contribution in [2.75, 3.05) is 0 Å². The predicted octanol–water partition coefficient (Wildman–Crippen LogP) is 3.84. The number of carbonyl (C=O) groups is 1. The number of halogens is 2. The van der Waals surface area contributed by atoms with Crippen molar-refractivity contribution in [1.29, 1.82) is 0 Å². The van der Waals surface area contributed by atoms with Crippen molar-refractivity contribution < 1.29 is 4.79 Å². The molecule has 0 radical (unpaired) electrons. The Bertz CT molecular complexity index is 439. The molecular formula is C13H15Cl2NO. The maximum atomic E-state index is 12.1. The first-order valence-corrected chi connectivity index (χ1v) is 6.53. The van der Waals surface area contributed by atoms with E-state index in [2.05, 4.69) is 0 Å². The minimum Gasteiger partial charge on any atom is -0.325 e. The van der Waals surface area contributed by atoms with Crippen LogP contribution in [0.1, 0.15) is 42.5 Å². The fraction of sp³-hybridized carbons (Fsp3) is 0.462. The molecule has 4 heteroatoms. The largest absolute Gasteiger partial charge is 0.325 e. The number of carbonyl (C=O) groups excluding carboxylic acids is 1. The lowest BCUT2D eigenvalue weighted by atomic mass is 9.90. The molecule has 1 aliphatic carbocycles. The highest BCUT2D eigenvalue weighted by atomic mass is 35.5. The average Bonchev–Trinajstić information content (AvgIpc) is 2.69. The maximum Gasteiger partial charge on any atom is 0.164 e. The summed E-state index contributed by atoms with van der Waals surface area (Å²) in [6.45, 7) is 0. The molecule has 2 nitrogen and oxygen atoms in total. The standard InChI is InChI=1S/C13H15Cl2NO/c14-10-4-3-9(7-11(10)15)12(17)8-13(16)5-1-2-6-13/h3-4,7H,1-2,5-6,8,16H2. The van der Waals surface area contributed by atoms with Gasteiger partial charge in [-0.25, -0.2) is 0 Å². The summed E-state index contributed by atoms with van der Waals surface area (Å²) in [5, 5.41) is 0.876. The molecule has 0 amide bonds. The average molecular weight is 272 g/mol. The van der Waals surface area contributed by atoms with E-state index in [-0.39, 0.29) is 11.3 Å². The number of nitrogens with two attached hydrogens (primary N) is 1. The molecule has 92 valence electrons. The molecule has 1 aliphatic rings. The first kappa shape index (κ1) is 12.9. The third-order valence-electron chi connectivity index (χ3n) is 3.35. The van der Waals surface area contributed by atoms with E-state index in [1.165, 1.54) is 0 Å². The summed E-state index contributed by atoms with van der Waals surface area (Å²) in [4.78, 5) is 12.1. The summed E-state index contributed by atoms with van der Waals surface area (Å²) in [7, 11) is 0. The Morgan fingerprint density at radius 3 is 2.47 bits per heavy atom. The molecule has 0 unspecified atom stereocenters. The van der Waals surface area contributed by atoms with Crippen LogP contribution in [0.15, 0.2) is 18.2 Å². The Morgan fingerprint density at radius 1 is 1.24 bits per heavy atom. The molecule has 0 heterocycles. The van der Waals surface area contributed by atoms with Gasteiger partial charge in [0.1, 0.15) is 0 Å². The summed E-state index contributed by atoms with van der Waals surface area (Å²) >= 11 is 11.7. The van der Waals surface area contributed by atoms with Crippen molar-refractivity contribution in [3.8, 4) is 0 Å². The smallest absolute Gasteiger partial charge is 0.164 e. The van der Waals surface area contributed by atoms with Crippen LogP contribution >= 0.6 is 23.2 Å². The Kier molecular flexibility index (Phi) is 3.76. The van der Waals surface area contributed by atoms with Gasteiger partial charge in [-0.3, -0.25) is 4.79 Å². The van der Waals surface area contributed by atoms with Crippen LogP contribution in [0, 0.1) is 0 Å². The quantitative estimate of drug-likeness (QED) is 0.849. The zero-order chi connectivity index (χ0) is 12.5. The van der Waals surface area contributed by atoms with E-state index < -0.39 is 0 Å². The number of rotatable bonds is 3. The third-order valence-corrected chi connectivity index (χ3v) is 4.09. The SMILES string of the molecule is NC1(CC(=O)c2ccc(Cl)c(Cl)c2)CCCC1. The number of Topliss-reactive ketones (excluding diaryl/α,β-unsaturated/α-hetero) is 1. The third kappa shape index (κ3) is 3.01. The van der Waals surface area contributed by atoms with E-state index in [4.69, 9.17) is 28.9 Å². The molecule has 1 aromatic carbocycles. The normalized spacial score (nSPS) is 18.3. The van der Waals surface area contributed by atoms with Crippen LogP contribution in [-0.4, -0.2) is 11.3 Å². The number of benzene rings is 1. The van der Waals surface area contributed by atoms with Crippen molar-refractivity contribution in [2.45, 2.75) is 37.6 Å². The summed E-state index contributed by atoms with van der Waals surface area (Å²) < 4.78 is 0. The van der Waals surface area contributed by atoms with Gasteiger partial charge >= 0.3 is 0 Å². The molecule has 0 aromatic heterocycles. The van der Waals surface area contributed by atoms with E-state index in [0.717, 1.165) is 25.7 Å². The van der Waals surface area contributed by atoms with Crippen LogP contribution in [0.5, 0.6) is 0 Å². The fourth-order valence-corrected chi connectivity index (χ4v) is 2.65. The summed E-state index contributed by atoms with van der Waals surface area (Å²) in [6.07, 6.45) is 4.49. The van der Waals surface area contributed by atoms with Gasteiger partial charge in [0.2, 0.25) is 0 Å². The Hall–Kier alpha value is -0.570. The van der Waals surface area contributed by atoms with Gasteiger partial charge in [0, 0.05) is 17.5 Å². The minimum atomic E-state index is -0.316. The fourth-order valence-electron chi connectivity index (χ4n) is 2.35. The van der Waals surface area contributed by atoms with Gasteiger partial charge in [0.05, 0.1) is 10.0 Å². The Balaban J connectivity index is 2.11. The lowest BCUT2D eigenvalue weighted by Crippen LogP contribution is -2.38. The van der Waals surface area contributed by atoms with Gasteiger partial charge in [-0.15, -0.1) is 0 Å². The lowest BCUT2D eigenvalue weighted by Gasteiger charge is -2.22. The first-order chi connectivity index (χ1) is 8.00. The molecule has 0 saturated heterocycles. The molecule has 1 fully saturated rings. The van der Waals surface area contributed by atoms with Crippen LogP contribution in [0.3, 0.4) is 0 Å². The summed E-state index contributed by atoms with van der Waals surface area (Å²) in [5.74, 6) is 0.0490. The van der Waals surface area contributed by atoms with Crippen molar-refractivity contribution >= 4 is 29.0 Å². The van der Waals surface area contributed by atoms with Crippen molar-refractivity contribution in [3.05, 3.63) is 33.8 Å². The molecule has 0 bridgehead atoms. The van der Waals surface area contributed by atoms with E-state index in [9.17, 15) is 4.79 Å². The summed E-state index contributed by atoms with van der Waals surface area (Å²) in [6, 6.07) is 4.97. The van der Waals surface area contributed by atoms with Crippen molar-refractivity contribution in [3.63, 3.8) is 0 Å². The maximum absolute atomic E-state index is 12.1. The second kappa shape index (κ2) is 4.97. The van der Waals surface area contributed by atoms with Gasteiger partial charge in [-0.2, -0.15) is 0 Å². The summed E-state index contributed by atoms with van der Waals surface area (Å²) in [5.41, 5.74) is 6.46. The van der Waals surface area contributed by atoms with E-state index in [0.29, 0.717) is 22.0 Å². The van der Waals surface area contributed by atoms with Crippen LogP contribution in [0.2, 0.25) is 10.0 Å². The second-order valence-corrected chi connectivity index (χ2v) is 5.61. The molecular weight excluding hydrogens is 257 g/mol. The van der Waals surface area contributed by atoms with Crippen LogP contribution in [0.4, 0.5) is 0 Å². The van der Waals surface area contributed by atoms with Crippen LogP contribution < -0.4 is 5.73 Å². The molecule has 0 spiro atoms. The van der Waals surface area contributed by atoms with Gasteiger partial charge in [0.25, 0.3) is 0 Å². The van der Waals surface area contributed by atoms with Crippen LogP contribution in [-0.2, 0) is 0 Å². The van der Waals surface area contributed by atoms with Gasteiger partial charge < -0.3 is 5.73 Å². The Morgan fingerprint density at radius 2 is 1.88 bits per heavy atom. The highest BCUT2D eigenvalue weighted by molar-refractivity contribution is 6.42. The van der Waals surface area contributed by atoms with Crippen molar-refractivity contribution in [1.82, 2.24) is 0 Å². The van der Waals surface area contributed by atoms with Crippen molar-refractivity contribution in [2.24, 2.45) is 5.73 Å². The molecule has 2 N–H and O–H groups in total. The molecule has 2 rings (SSSR count). The molecule has 1 aromatic rings. The topological polar surface area (TPSA) is 43.1 Å². The highest BCUT2D eigenvalue weighted by Gasteiger charge is 2.31. The van der Waals surface area contributed by atoms with Crippen LogP contribution in [0.25, 0.3) is 0 Å². The lowest BCUT2D eigenvalue weighted by molar-refractivity contribution is 0.0952. The van der Waals surface area contributed by atoms with Gasteiger partial charge in [-0.05, 0) is 31.0 Å².